The van der Waals surface area contributed by atoms with E-state index in [0.717, 1.165) is 42.3 Å². The topological polar surface area (TPSA) is 53.5 Å². The Kier molecular flexibility index (Phi) is 7.19. The molecule has 5 nitrogen and oxygen atoms in total. The van der Waals surface area contributed by atoms with E-state index >= 15 is 0 Å². The van der Waals surface area contributed by atoms with Crippen molar-refractivity contribution in [2.45, 2.75) is 56.4 Å². The Bertz CT molecular complexity index is 985. The van der Waals surface area contributed by atoms with Gasteiger partial charge in [-0.3, -0.25) is 9.59 Å². The van der Waals surface area contributed by atoms with Crippen molar-refractivity contribution in [1.29, 1.82) is 0 Å². The molecule has 4 rings (SSSR count). The average molecular weight is 452 g/mol. The van der Waals surface area contributed by atoms with Gasteiger partial charge in [0, 0.05) is 43.2 Å². The third kappa shape index (κ3) is 5.17. The van der Waals surface area contributed by atoms with E-state index in [2.05, 4.69) is 48.9 Å². The lowest BCUT2D eigenvalue weighted by molar-refractivity contribution is -0.138. The lowest BCUT2D eigenvalue weighted by Crippen LogP contribution is -2.47. The van der Waals surface area contributed by atoms with Crippen molar-refractivity contribution in [3.63, 3.8) is 0 Å². The number of aryl methyl sites for hydroxylation is 2. The lowest BCUT2D eigenvalue weighted by atomic mass is 9.92. The zero-order chi connectivity index (χ0) is 22.7. The van der Waals surface area contributed by atoms with Crippen molar-refractivity contribution in [2.24, 2.45) is 11.8 Å². The van der Waals surface area contributed by atoms with Crippen LogP contribution in [0.5, 0.6) is 0 Å². The first-order valence-corrected chi connectivity index (χ1v) is 12.5. The molecule has 2 aliphatic rings. The van der Waals surface area contributed by atoms with Crippen LogP contribution in [0, 0.1) is 25.7 Å². The number of pyridine rings is 1. The molecule has 2 aromatic rings. The highest BCUT2D eigenvalue weighted by molar-refractivity contribution is 7.99. The summed E-state index contributed by atoms with van der Waals surface area (Å²) in [7, 11) is 0. The predicted molar refractivity (Wildman–Crippen MR) is 128 cm³/mol. The van der Waals surface area contributed by atoms with E-state index in [9.17, 15) is 9.59 Å². The van der Waals surface area contributed by atoms with Gasteiger partial charge in [-0.2, -0.15) is 0 Å². The summed E-state index contributed by atoms with van der Waals surface area (Å²) in [4.78, 5) is 35.8. The van der Waals surface area contributed by atoms with Crippen molar-refractivity contribution >= 4 is 23.6 Å². The van der Waals surface area contributed by atoms with E-state index in [4.69, 9.17) is 0 Å². The molecule has 1 aromatic heterocycles. The summed E-state index contributed by atoms with van der Waals surface area (Å²) in [6.45, 7) is 9.44. The van der Waals surface area contributed by atoms with Gasteiger partial charge in [-0.15, -0.1) is 0 Å². The van der Waals surface area contributed by atoms with Crippen molar-refractivity contribution in [3.05, 3.63) is 53.2 Å². The van der Waals surface area contributed by atoms with Crippen LogP contribution in [-0.2, 0) is 4.79 Å². The molecule has 2 amide bonds. The summed E-state index contributed by atoms with van der Waals surface area (Å²) in [6, 6.07) is 10.0. The van der Waals surface area contributed by atoms with Gasteiger partial charge >= 0.3 is 0 Å². The van der Waals surface area contributed by atoms with Crippen molar-refractivity contribution < 1.29 is 9.59 Å². The molecule has 1 atom stereocenters. The summed E-state index contributed by atoms with van der Waals surface area (Å²) in [5.74, 6) is 0.939. The maximum Gasteiger partial charge on any atom is 0.256 e. The van der Waals surface area contributed by atoms with Crippen LogP contribution >= 0.6 is 11.8 Å². The van der Waals surface area contributed by atoms with Crippen LogP contribution in [0.2, 0.25) is 0 Å². The zero-order valence-corrected chi connectivity index (χ0v) is 20.2. The number of benzene rings is 1. The van der Waals surface area contributed by atoms with E-state index in [1.54, 1.807) is 6.20 Å². The number of carbonyl (C=O) groups excluding carboxylic acids is 2. The highest BCUT2D eigenvalue weighted by Gasteiger charge is 2.32. The van der Waals surface area contributed by atoms with Gasteiger partial charge in [0.15, 0.2) is 0 Å². The summed E-state index contributed by atoms with van der Waals surface area (Å²) < 4.78 is 0. The number of hydrogen-bond acceptors (Lipinski definition) is 4. The lowest BCUT2D eigenvalue weighted by Gasteiger charge is -2.37. The number of aromatic nitrogens is 1. The van der Waals surface area contributed by atoms with Gasteiger partial charge in [0.05, 0.1) is 5.56 Å². The predicted octanol–water partition coefficient (Wildman–Crippen LogP) is 4.96. The van der Waals surface area contributed by atoms with Crippen LogP contribution < -0.4 is 0 Å². The minimum absolute atomic E-state index is 0.0157. The number of likely N-dealkylation sites (tertiary alicyclic amines) is 2. The van der Waals surface area contributed by atoms with E-state index in [1.165, 1.54) is 29.3 Å². The molecule has 0 radical (unpaired) electrons. The SMILES string of the molecule is Cc1ccc(Sc2ncccc2C(=O)N2CCC(C(=O)N3CCCC(C)C3)CC2)cc1C. The first-order chi connectivity index (χ1) is 15.4. The smallest absolute Gasteiger partial charge is 0.256 e. The molecule has 32 heavy (non-hydrogen) atoms. The number of carbonyl (C=O) groups is 2. The second-order valence-electron chi connectivity index (χ2n) is 9.30. The number of amides is 2. The molecule has 0 spiro atoms. The van der Waals surface area contributed by atoms with Crippen LogP contribution in [-0.4, -0.2) is 52.8 Å². The Morgan fingerprint density at radius 1 is 1.00 bits per heavy atom. The third-order valence-electron chi connectivity index (χ3n) is 6.79. The van der Waals surface area contributed by atoms with E-state index in [-0.39, 0.29) is 17.7 Å². The number of piperidine rings is 2. The van der Waals surface area contributed by atoms with Gasteiger partial charge < -0.3 is 9.80 Å². The molecular weight excluding hydrogens is 418 g/mol. The highest BCUT2D eigenvalue weighted by Crippen LogP contribution is 2.31. The first kappa shape index (κ1) is 22.8. The molecule has 1 unspecified atom stereocenters. The second-order valence-corrected chi connectivity index (χ2v) is 10.4. The van der Waals surface area contributed by atoms with Crippen LogP contribution in [0.3, 0.4) is 0 Å². The average Bonchev–Trinajstić information content (AvgIpc) is 2.81. The number of hydrogen-bond donors (Lipinski definition) is 0. The Labute approximate surface area is 195 Å². The highest BCUT2D eigenvalue weighted by atomic mass is 32.2. The molecule has 0 bridgehead atoms. The van der Waals surface area contributed by atoms with Crippen LogP contribution in [0.15, 0.2) is 46.5 Å². The zero-order valence-electron chi connectivity index (χ0n) is 19.3. The molecule has 0 N–H and O–H groups in total. The van der Waals surface area contributed by atoms with Gasteiger partial charge in [-0.25, -0.2) is 4.98 Å². The Balaban J connectivity index is 1.40. The third-order valence-corrected chi connectivity index (χ3v) is 7.80. The molecule has 170 valence electrons. The fourth-order valence-corrected chi connectivity index (χ4v) is 5.65. The molecule has 2 saturated heterocycles. The molecule has 1 aromatic carbocycles. The Morgan fingerprint density at radius 3 is 2.50 bits per heavy atom. The fourth-order valence-electron chi connectivity index (χ4n) is 4.67. The monoisotopic (exact) mass is 451 g/mol. The summed E-state index contributed by atoms with van der Waals surface area (Å²) in [5, 5.41) is 0.737. The van der Waals surface area contributed by atoms with Crippen molar-refractivity contribution in [2.75, 3.05) is 26.2 Å². The van der Waals surface area contributed by atoms with Crippen LogP contribution in [0.25, 0.3) is 0 Å². The molecule has 2 aliphatic heterocycles. The van der Waals surface area contributed by atoms with Crippen molar-refractivity contribution in [1.82, 2.24) is 14.8 Å². The Hall–Kier alpha value is -2.34. The second kappa shape index (κ2) is 10.1. The quantitative estimate of drug-likeness (QED) is 0.659. The van der Waals surface area contributed by atoms with Gasteiger partial charge in [-0.1, -0.05) is 24.8 Å². The molecule has 2 fully saturated rings. The van der Waals surface area contributed by atoms with Crippen LogP contribution in [0.4, 0.5) is 0 Å². The number of nitrogens with zero attached hydrogens (tertiary/aromatic N) is 3. The normalized spacial score (nSPS) is 19.8. The first-order valence-electron chi connectivity index (χ1n) is 11.7. The minimum Gasteiger partial charge on any atom is -0.342 e. The van der Waals surface area contributed by atoms with E-state index < -0.39 is 0 Å². The van der Waals surface area contributed by atoms with Gasteiger partial charge in [0.1, 0.15) is 5.03 Å². The van der Waals surface area contributed by atoms with Crippen LogP contribution in [0.1, 0.15) is 54.1 Å². The molecule has 0 aliphatic carbocycles. The summed E-state index contributed by atoms with van der Waals surface area (Å²) in [5.41, 5.74) is 3.13. The minimum atomic E-state index is 0.0157. The largest absolute Gasteiger partial charge is 0.342 e. The maximum absolute atomic E-state index is 13.3. The molecule has 6 heteroatoms. The van der Waals surface area contributed by atoms with E-state index in [0.29, 0.717) is 24.6 Å². The summed E-state index contributed by atoms with van der Waals surface area (Å²) in [6.07, 6.45) is 5.55. The molecule has 3 heterocycles. The Morgan fingerprint density at radius 2 is 1.78 bits per heavy atom. The number of rotatable bonds is 4. The van der Waals surface area contributed by atoms with Gasteiger partial charge in [-0.05, 0) is 80.8 Å². The van der Waals surface area contributed by atoms with Crippen molar-refractivity contribution in [3.8, 4) is 0 Å². The summed E-state index contributed by atoms with van der Waals surface area (Å²) >= 11 is 1.53. The molecule has 0 saturated carbocycles. The maximum atomic E-state index is 13.3. The standard InChI is InChI=1S/C26H33N3O2S/c1-18-6-5-13-29(17-18)25(30)21-10-14-28(15-11-21)26(31)23-7-4-12-27-24(23)32-22-9-8-19(2)20(3)16-22/h4,7-9,12,16,18,21H,5-6,10-11,13-15,17H2,1-3H3. The molecular formula is C26H33N3O2S. The fraction of sp³-hybridized carbons (Fsp3) is 0.500. The van der Waals surface area contributed by atoms with E-state index in [1.807, 2.05) is 17.0 Å². The van der Waals surface area contributed by atoms with Gasteiger partial charge in [0.25, 0.3) is 5.91 Å². The van der Waals surface area contributed by atoms with Gasteiger partial charge in [0.2, 0.25) is 5.91 Å².